The summed E-state index contributed by atoms with van der Waals surface area (Å²) >= 11 is 0. The van der Waals surface area contributed by atoms with Crippen LogP contribution in [-0.4, -0.2) is 48.6 Å². The smallest absolute Gasteiger partial charge is 0.323 e. The summed E-state index contributed by atoms with van der Waals surface area (Å²) in [7, 11) is 0. The Kier molecular flexibility index (Phi) is 8.60. The Hall–Kier alpha value is -3.29. The van der Waals surface area contributed by atoms with E-state index in [-0.39, 0.29) is 6.03 Å². The molecule has 1 aliphatic heterocycles. The average Bonchev–Trinajstić information content (AvgIpc) is 3.36. The lowest BCUT2D eigenvalue weighted by atomic mass is 10.1. The maximum Gasteiger partial charge on any atom is 0.323 e. The van der Waals surface area contributed by atoms with E-state index in [0.717, 1.165) is 75.0 Å². The summed E-state index contributed by atoms with van der Waals surface area (Å²) in [5.74, 6) is 1.84. The normalized spacial score (nSPS) is 14.6. The minimum atomic E-state index is -0.264. The van der Waals surface area contributed by atoms with Crippen LogP contribution < -0.4 is 15.4 Å². The number of nitrogens with one attached hydrogen (secondary N) is 2. The number of carbonyl (C=O) groups excluding carboxylic acids is 1. The first-order valence-electron chi connectivity index (χ1n) is 12.0. The fourth-order valence-corrected chi connectivity index (χ4v) is 3.94. The van der Waals surface area contributed by atoms with Gasteiger partial charge < -0.3 is 19.8 Å². The Labute approximate surface area is 201 Å². The minimum Gasteiger partial charge on any atom is -0.494 e. The van der Waals surface area contributed by atoms with Crippen LogP contribution in [0.4, 0.5) is 16.2 Å². The van der Waals surface area contributed by atoms with Gasteiger partial charge in [0.1, 0.15) is 11.5 Å². The van der Waals surface area contributed by atoms with E-state index in [0.29, 0.717) is 6.61 Å². The highest BCUT2D eigenvalue weighted by atomic mass is 16.5. The molecule has 0 saturated carbocycles. The molecule has 0 bridgehead atoms. The maximum absolute atomic E-state index is 12.4. The molecule has 0 aliphatic carbocycles. The van der Waals surface area contributed by atoms with Crippen LogP contribution in [0.15, 0.2) is 71.3 Å². The van der Waals surface area contributed by atoms with E-state index in [4.69, 9.17) is 9.15 Å². The van der Waals surface area contributed by atoms with E-state index in [1.807, 2.05) is 48.5 Å². The molecule has 0 unspecified atom stereocenters. The van der Waals surface area contributed by atoms with Crippen molar-refractivity contribution in [3.63, 3.8) is 0 Å². The summed E-state index contributed by atoms with van der Waals surface area (Å²) < 4.78 is 11.1. The first kappa shape index (κ1) is 23.9. The van der Waals surface area contributed by atoms with Gasteiger partial charge in [-0.1, -0.05) is 25.5 Å². The molecule has 2 N–H and O–H groups in total. The van der Waals surface area contributed by atoms with Gasteiger partial charge in [0.2, 0.25) is 0 Å². The van der Waals surface area contributed by atoms with Crippen molar-refractivity contribution in [1.82, 2.24) is 9.80 Å². The molecule has 0 radical (unpaired) electrons. The largest absolute Gasteiger partial charge is 0.494 e. The molecule has 3 aromatic rings. The van der Waals surface area contributed by atoms with Crippen LogP contribution >= 0.6 is 0 Å². The van der Waals surface area contributed by atoms with Crippen molar-refractivity contribution < 1.29 is 13.9 Å². The van der Waals surface area contributed by atoms with Crippen LogP contribution in [0.2, 0.25) is 0 Å². The van der Waals surface area contributed by atoms with Gasteiger partial charge in [0.25, 0.3) is 0 Å². The molecular weight excluding hydrogens is 428 g/mol. The summed E-state index contributed by atoms with van der Waals surface area (Å²) in [6.07, 6.45) is 3.87. The Morgan fingerprint density at radius 3 is 2.09 bits per heavy atom. The molecule has 34 heavy (non-hydrogen) atoms. The monoisotopic (exact) mass is 462 g/mol. The van der Waals surface area contributed by atoms with Gasteiger partial charge in [0, 0.05) is 44.1 Å². The predicted molar refractivity (Wildman–Crippen MR) is 135 cm³/mol. The summed E-state index contributed by atoms with van der Waals surface area (Å²) in [5, 5.41) is 5.75. The Morgan fingerprint density at radius 1 is 0.882 bits per heavy atom. The van der Waals surface area contributed by atoms with Crippen molar-refractivity contribution in [3.8, 4) is 5.75 Å². The van der Waals surface area contributed by atoms with E-state index in [1.54, 1.807) is 6.26 Å². The third-order valence-corrected chi connectivity index (χ3v) is 5.92. The maximum atomic E-state index is 12.4. The van der Waals surface area contributed by atoms with Gasteiger partial charge >= 0.3 is 6.03 Å². The van der Waals surface area contributed by atoms with Crippen molar-refractivity contribution >= 4 is 17.4 Å². The average molecular weight is 463 g/mol. The van der Waals surface area contributed by atoms with E-state index >= 15 is 0 Å². The molecule has 0 spiro atoms. The van der Waals surface area contributed by atoms with Crippen molar-refractivity contribution in [2.45, 2.75) is 32.9 Å². The number of furan rings is 1. The van der Waals surface area contributed by atoms with Crippen LogP contribution in [0.1, 0.15) is 31.1 Å². The standard InChI is InChI=1S/C27H34N4O3/c1-2-3-18-33-25-12-10-24(11-13-25)29-27(32)28-23-8-6-22(7-9-23)20-30-14-16-31(17-15-30)21-26-5-4-19-34-26/h4-13,19H,2-3,14-18,20-21H2,1H3,(H2,28,29,32). The van der Waals surface area contributed by atoms with Crippen molar-refractivity contribution in [2.75, 3.05) is 43.4 Å². The first-order chi connectivity index (χ1) is 16.7. The molecule has 7 heteroatoms. The summed E-state index contributed by atoms with van der Waals surface area (Å²) in [5.41, 5.74) is 2.73. The van der Waals surface area contributed by atoms with Crippen LogP contribution in [0, 0.1) is 0 Å². The SMILES string of the molecule is CCCCOc1ccc(NC(=O)Nc2ccc(CN3CCN(Cc4ccco4)CC3)cc2)cc1. The number of nitrogens with zero attached hydrogens (tertiary/aromatic N) is 2. The summed E-state index contributed by atoms with van der Waals surface area (Å²) in [4.78, 5) is 17.2. The van der Waals surface area contributed by atoms with Crippen molar-refractivity contribution in [2.24, 2.45) is 0 Å². The zero-order valence-corrected chi connectivity index (χ0v) is 19.8. The van der Waals surface area contributed by atoms with Crippen molar-refractivity contribution in [1.29, 1.82) is 0 Å². The number of carbonyl (C=O) groups is 1. The number of urea groups is 1. The first-order valence-corrected chi connectivity index (χ1v) is 12.0. The van der Waals surface area contributed by atoms with Gasteiger partial charge in [-0.25, -0.2) is 4.79 Å². The highest BCUT2D eigenvalue weighted by Crippen LogP contribution is 2.18. The third-order valence-electron chi connectivity index (χ3n) is 5.92. The zero-order chi connectivity index (χ0) is 23.6. The third kappa shape index (κ3) is 7.37. The molecule has 1 aliphatic rings. The molecule has 1 fully saturated rings. The molecule has 7 nitrogen and oxygen atoms in total. The molecule has 1 saturated heterocycles. The molecule has 2 amide bonds. The number of anilines is 2. The highest BCUT2D eigenvalue weighted by Gasteiger charge is 2.17. The van der Waals surface area contributed by atoms with Crippen LogP contribution in [0.25, 0.3) is 0 Å². The van der Waals surface area contributed by atoms with Crippen LogP contribution in [0.3, 0.4) is 0 Å². The number of benzene rings is 2. The lowest BCUT2D eigenvalue weighted by Crippen LogP contribution is -2.45. The van der Waals surface area contributed by atoms with Gasteiger partial charge in [-0.15, -0.1) is 0 Å². The minimum absolute atomic E-state index is 0.264. The predicted octanol–water partition coefficient (Wildman–Crippen LogP) is 5.42. The molecule has 0 atom stereocenters. The summed E-state index contributed by atoms with van der Waals surface area (Å²) in [6.45, 7) is 8.76. The fourth-order valence-electron chi connectivity index (χ4n) is 3.94. The molecule has 2 heterocycles. The number of piperazine rings is 1. The lowest BCUT2D eigenvalue weighted by Gasteiger charge is -2.34. The number of hydrogen-bond donors (Lipinski definition) is 2. The Balaban J connectivity index is 1.18. The van der Waals surface area contributed by atoms with Gasteiger partial charge in [0.15, 0.2) is 0 Å². The molecule has 4 rings (SSSR count). The number of amides is 2. The van der Waals surface area contributed by atoms with E-state index in [9.17, 15) is 4.79 Å². The van der Waals surface area contributed by atoms with Gasteiger partial charge in [-0.05, 0) is 60.5 Å². The van der Waals surface area contributed by atoms with Gasteiger partial charge in [-0.3, -0.25) is 9.80 Å². The Bertz CT molecular complexity index is 995. The van der Waals surface area contributed by atoms with Gasteiger partial charge in [0.05, 0.1) is 19.4 Å². The molecular formula is C27H34N4O3. The fraction of sp³-hybridized carbons (Fsp3) is 0.370. The molecule has 180 valence electrons. The lowest BCUT2D eigenvalue weighted by molar-refractivity contribution is 0.116. The Morgan fingerprint density at radius 2 is 1.50 bits per heavy atom. The van der Waals surface area contributed by atoms with E-state index in [1.165, 1.54) is 5.56 Å². The summed E-state index contributed by atoms with van der Waals surface area (Å²) in [6, 6.07) is 19.2. The van der Waals surface area contributed by atoms with Crippen molar-refractivity contribution in [3.05, 3.63) is 78.3 Å². The number of hydrogen-bond acceptors (Lipinski definition) is 5. The number of rotatable bonds is 10. The highest BCUT2D eigenvalue weighted by molar-refractivity contribution is 5.99. The van der Waals surface area contributed by atoms with E-state index < -0.39 is 0 Å². The second-order valence-electron chi connectivity index (χ2n) is 8.63. The second-order valence-corrected chi connectivity index (χ2v) is 8.63. The topological polar surface area (TPSA) is 70.0 Å². The zero-order valence-electron chi connectivity index (χ0n) is 19.8. The number of unbranched alkanes of at least 4 members (excludes halogenated alkanes) is 1. The van der Waals surface area contributed by atoms with Crippen LogP contribution in [-0.2, 0) is 13.1 Å². The quantitative estimate of drug-likeness (QED) is 0.394. The van der Waals surface area contributed by atoms with E-state index in [2.05, 4.69) is 39.5 Å². The van der Waals surface area contributed by atoms with Gasteiger partial charge in [-0.2, -0.15) is 0 Å². The molecule has 1 aromatic heterocycles. The number of ether oxygens (including phenoxy) is 1. The second kappa shape index (κ2) is 12.3. The van der Waals surface area contributed by atoms with Crippen LogP contribution in [0.5, 0.6) is 5.75 Å². The molecule has 2 aromatic carbocycles.